The minimum absolute atomic E-state index is 0.109. The molecule has 0 radical (unpaired) electrons. The van der Waals surface area contributed by atoms with Crippen LogP contribution in [-0.4, -0.2) is 35.8 Å². The molecule has 126 valence electrons. The van der Waals surface area contributed by atoms with Crippen molar-refractivity contribution < 1.29 is 19.4 Å². The van der Waals surface area contributed by atoms with Gasteiger partial charge in [0.25, 0.3) is 0 Å². The third-order valence-electron chi connectivity index (χ3n) is 4.13. The van der Waals surface area contributed by atoms with Gasteiger partial charge in [-0.25, -0.2) is 4.79 Å². The summed E-state index contributed by atoms with van der Waals surface area (Å²) in [7, 11) is 0. The Hall–Kier alpha value is -2.08. The summed E-state index contributed by atoms with van der Waals surface area (Å²) in [6, 6.07) is 9.51. The van der Waals surface area contributed by atoms with E-state index in [1.54, 1.807) is 0 Å². The van der Waals surface area contributed by atoms with Crippen molar-refractivity contribution in [3.63, 3.8) is 0 Å². The SMILES string of the molecule is O=C(O)CNCC1(NC(=O)OCc2ccccc2)CCCCC1. The molecule has 0 heterocycles. The number of hydrogen-bond acceptors (Lipinski definition) is 4. The van der Waals surface area contributed by atoms with Crippen molar-refractivity contribution in [3.8, 4) is 0 Å². The lowest BCUT2D eigenvalue weighted by atomic mass is 9.81. The highest BCUT2D eigenvalue weighted by Gasteiger charge is 2.33. The number of alkyl carbamates (subject to hydrolysis) is 1. The van der Waals surface area contributed by atoms with Gasteiger partial charge in [0.2, 0.25) is 0 Å². The zero-order valence-electron chi connectivity index (χ0n) is 13.2. The van der Waals surface area contributed by atoms with E-state index in [-0.39, 0.29) is 13.2 Å². The Morgan fingerprint density at radius 3 is 2.48 bits per heavy atom. The first-order valence-electron chi connectivity index (χ1n) is 8.01. The van der Waals surface area contributed by atoms with E-state index >= 15 is 0 Å². The van der Waals surface area contributed by atoms with Crippen molar-refractivity contribution in [1.29, 1.82) is 0 Å². The maximum Gasteiger partial charge on any atom is 0.407 e. The lowest BCUT2D eigenvalue weighted by molar-refractivity contribution is -0.136. The van der Waals surface area contributed by atoms with E-state index in [1.165, 1.54) is 0 Å². The Morgan fingerprint density at radius 1 is 1.13 bits per heavy atom. The van der Waals surface area contributed by atoms with Crippen LogP contribution in [0.3, 0.4) is 0 Å². The molecule has 0 atom stereocenters. The van der Waals surface area contributed by atoms with Crippen LogP contribution < -0.4 is 10.6 Å². The largest absolute Gasteiger partial charge is 0.480 e. The first kappa shape index (κ1) is 17.3. The zero-order chi connectivity index (χ0) is 16.5. The van der Waals surface area contributed by atoms with Gasteiger partial charge in [-0.3, -0.25) is 4.79 Å². The summed E-state index contributed by atoms with van der Waals surface area (Å²) in [6.45, 7) is 0.563. The number of benzene rings is 1. The van der Waals surface area contributed by atoms with E-state index < -0.39 is 17.6 Å². The number of carbonyl (C=O) groups excluding carboxylic acids is 1. The summed E-state index contributed by atoms with van der Waals surface area (Å²) in [5.41, 5.74) is 0.519. The van der Waals surface area contributed by atoms with Gasteiger partial charge in [-0.05, 0) is 18.4 Å². The summed E-state index contributed by atoms with van der Waals surface area (Å²) >= 11 is 0. The van der Waals surface area contributed by atoms with E-state index in [0.29, 0.717) is 6.54 Å². The second-order valence-electron chi connectivity index (χ2n) is 6.03. The molecular formula is C17H24N2O4. The number of rotatable bonds is 7. The molecule has 0 bridgehead atoms. The van der Waals surface area contributed by atoms with E-state index in [2.05, 4.69) is 10.6 Å². The Balaban J connectivity index is 1.86. The topological polar surface area (TPSA) is 87.7 Å². The maximum absolute atomic E-state index is 12.1. The third-order valence-corrected chi connectivity index (χ3v) is 4.13. The van der Waals surface area contributed by atoms with Gasteiger partial charge in [0, 0.05) is 6.54 Å². The van der Waals surface area contributed by atoms with Crippen LogP contribution in [0.2, 0.25) is 0 Å². The number of nitrogens with one attached hydrogen (secondary N) is 2. The number of aliphatic carboxylic acids is 1. The first-order valence-corrected chi connectivity index (χ1v) is 8.01. The molecule has 0 unspecified atom stereocenters. The smallest absolute Gasteiger partial charge is 0.407 e. The molecule has 0 spiro atoms. The Bertz CT molecular complexity index is 513. The highest BCUT2D eigenvalue weighted by atomic mass is 16.5. The predicted octanol–water partition coefficient (Wildman–Crippen LogP) is 2.29. The van der Waals surface area contributed by atoms with Gasteiger partial charge >= 0.3 is 12.1 Å². The summed E-state index contributed by atoms with van der Waals surface area (Å²) in [6.07, 6.45) is 4.40. The average molecular weight is 320 g/mol. The summed E-state index contributed by atoms with van der Waals surface area (Å²) < 4.78 is 5.29. The molecule has 0 saturated heterocycles. The van der Waals surface area contributed by atoms with Gasteiger partial charge in [0.1, 0.15) is 6.61 Å². The minimum Gasteiger partial charge on any atom is -0.480 e. The fourth-order valence-corrected chi connectivity index (χ4v) is 2.96. The summed E-state index contributed by atoms with van der Waals surface area (Å²) in [5.74, 6) is -0.900. The van der Waals surface area contributed by atoms with E-state index in [4.69, 9.17) is 9.84 Å². The summed E-state index contributed by atoms with van der Waals surface area (Å²) in [4.78, 5) is 22.8. The Morgan fingerprint density at radius 2 is 1.83 bits per heavy atom. The monoisotopic (exact) mass is 320 g/mol. The normalized spacial score (nSPS) is 16.5. The number of carbonyl (C=O) groups is 2. The highest BCUT2D eigenvalue weighted by Crippen LogP contribution is 2.27. The van der Waals surface area contributed by atoms with Crippen molar-refractivity contribution >= 4 is 12.1 Å². The molecule has 2 rings (SSSR count). The molecular weight excluding hydrogens is 296 g/mol. The van der Waals surface area contributed by atoms with Crippen LogP contribution in [0.15, 0.2) is 30.3 Å². The lowest BCUT2D eigenvalue weighted by Crippen LogP contribution is -2.56. The minimum atomic E-state index is -0.900. The van der Waals surface area contributed by atoms with Crippen LogP contribution in [0.1, 0.15) is 37.7 Å². The highest BCUT2D eigenvalue weighted by molar-refractivity contribution is 5.69. The summed E-state index contributed by atoms with van der Waals surface area (Å²) in [5, 5.41) is 14.6. The van der Waals surface area contributed by atoms with Crippen LogP contribution in [0.5, 0.6) is 0 Å². The molecule has 23 heavy (non-hydrogen) atoms. The predicted molar refractivity (Wildman–Crippen MR) is 86.1 cm³/mol. The quantitative estimate of drug-likeness (QED) is 0.717. The van der Waals surface area contributed by atoms with Crippen LogP contribution in [0.25, 0.3) is 0 Å². The first-order chi connectivity index (χ1) is 11.1. The fraction of sp³-hybridized carbons (Fsp3) is 0.529. The molecule has 1 aromatic rings. The maximum atomic E-state index is 12.1. The number of carboxylic acid groups (broad SMARTS) is 1. The van der Waals surface area contributed by atoms with Crippen molar-refractivity contribution in [1.82, 2.24) is 10.6 Å². The van der Waals surface area contributed by atoms with Crippen LogP contribution >= 0.6 is 0 Å². The molecule has 0 aromatic heterocycles. The van der Waals surface area contributed by atoms with Crippen LogP contribution in [0.4, 0.5) is 4.79 Å². The van der Waals surface area contributed by atoms with Crippen molar-refractivity contribution in [2.45, 2.75) is 44.2 Å². The number of carboxylic acids is 1. The van der Waals surface area contributed by atoms with Gasteiger partial charge in [-0.2, -0.15) is 0 Å². The molecule has 6 heteroatoms. The molecule has 1 saturated carbocycles. The van der Waals surface area contributed by atoms with Crippen molar-refractivity contribution in [3.05, 3.63) is 35.9 Å². The van der Waals surface area contributed by atoms with E-state index in [9.17, 15) is 9.59 Å². The molecule has 1 fully saturated rings. The molecule has 1 aliphatic rings. The van der Waals surface area contributed by atoms with Gasteiger partial charge in [-0.1, -0.05) is 49.6 Å². The lowest BCUT2D eigenvalue weighted by Gasteiger charge is -2.37. The second kappa shape index (κ2) is 8.53. The van der Waals surface area contributed by atoms with Crippen molar-refractivity contribution in [2.24, 2.45) is 0 Å². The third kappa shape index (κ3) is 5.90. The van der Waals surface area contributed by atoms with Gasteiger partial charge < -0.3 is 20.5 Å². The number of ether oxygens (including phenoxy) is 1. The Kier molecular flexibility index (Phi) is 6.40. The van der Waals surface area contributed by atoms with Gasteiger partial charge in [0.05, 0.1) is 12.1 Å². The molecule has 0 aliphatic heterocycles. The molecule has 1 amide bonds. The molecule has 1 aliphatic carbocycles. The van der Waals surface area contributed by atoms with E-state index in [0.717, 1.165) is 37.7 Å². The number of hydrogen-bond donors (Lipinski definition) is 3. The molecule has 6 nitrogen and oxygen atoms in total. The van der Waals surface area contributed by atoms with Gasteiger partial charge in [0.15, 0.2) is 0 Å². The van der Waals surface area contributed by atoms with E-state index in [1.807, 2.05) is 30.3 Å². The average Bonchev–Trinajstić information content (AvgIpc) is 2.54. The Labute approximate surface area is 136 Å². The molecule has 3 N–H and O–H groups in total. The fourth-order valence-electron chi connectivity index (χ4n) is 2.96. The number of amides is 1. The van der Waals surface area contributed by atoms with Crippen molar-refractivity contribution in [2.75, 3.05) is 13.1 Å². The molecule has 1 aromatic carbocycles. The zero-order valence-corrected chi connectivity index (χ0v) is 13.2. The second-order valence-corrected chi connectivity index (χ2v) is 6.03. The van der Waals surface area contributed by atoms with Gasteiger partial charge in [-0.15, -0.1) is 0 Å². The van der Waals surface area contributed by atoms with Crippen LogP contribution in [-0.2, 0) is 16.1 Å². The standard InChI is InChI=1S/C17H24N2O4/c20-15(21)11-18-13-17(9-5-2-6-10-17)19-16(22)23-12-14-7-3-1-4-8-14/h1,3-4,7-8,18H,2,5-6,9-13H2,(H,19,22)(H,20,21). The van der Waals surface area contributed by atoms with Crippen LogP contribution in [0, 0.1) is 0 Å².